The van der Waals surface area contributed by atoms with Crippen LogP contribution in [0.4, 0.5) is 4.39 Å². The van der Waals surface area contributed by atoms with Gasteiger partial charge in [0.1, 0.15) is 17.2 Å². The van der Waals surface area contributed by atoms with Crippen LogP contribution < -0.4 is 15.6 Å². The first-order chi connectivity index (χ1) is 24.1. The Morgan fingerprint density at radius 1 is 0.900 bits per heavy atom. The van der Waals surface area contributed by atoms with Gasteiger partial charge in [0.25, 0.3) is 5.91 Å². The zero-order valence-corrected chi connectivity index (χ0v) is 28.7. The smallest absolute Gasteiger partial charge is 0.306 e. The first-order valence-corrected chi connectivity index (χ1v) is 16.8. The fraction of sp³-hybridized carbons (Fsp3) is 0.325. The fourth-order valence-corrected chi connectivity index (χ4v) is 5.65. The molecule has 10 heteroatoms. The van der Waals surface area contributed by atoms with Crippen LogP contribution in [0, 0.1) is 5.82 Å². The number of rotatable bonds is 15. The number of hydrogen-bond acceptors (Lipinski definition) is 8. The molecule has 0 bridgehead atoms. The number of carbonyl (C=O) groups excluding carboxylic acids is 2. The monoisotopic (exact) mass is 681 g/mol. The second-order valence-electron chi connectivity index (χ2n) is 13.1. The zero-order chi connectivity index (χ0) is 35.6. The third-order valence-electron chi connectivity index (χ3n) is 8.13. The van der Waals surface area contributed by atoms with Crippen LogP contribution >= 0.6 is 0 Å². The van der Waals surface area contributed by atoms with E-state index in [-0.39, 0.29) is 31.2 Å². The lowest BCUT2D eigenvalue weighted by molar-refractivity contribution is -0.155. The topological polar surface area (TPSA) is 118 Å². The maximum atomic E-state index is 14.4. The number of nitrogens with zero attached hydrogens (tertiary/aromatic N) is 1. The third kappa shape index (κ3) is 9.55. The lowest BCUT2D eigenvalue weighted by Gasteiger charge is -2.31. The van der Waals surface area contributed by atoms with Gasteiger partial charge in [-0.25, -0.2) is 14.8 Å². The van der Waals surface area contributed by atoms with Gasteiger partial charge >= 0.3 is 5.97 Å². The summed E-state index contributed by atoms with van der Waals surface area (Å²) >= 11 is 0. The Balaban J connectivity index is 1.47. The molecule has 1 aliphatic rings. The fourth-order valence-electron chi connectivity index (χ4n) is 5.65. The molecule has 0 fully saturated rings. The number of hydrazine groups is 1. The first kappa shape index (κ1) is 36.2. The van der Waals surface area contributed by atoms with E-state index < -0.39 is 29.1 Å². The number of ether oxygens (including phenoxy) is 3. The van der Waals surface area contributed by atoms with Gasteiger partial charge in [0.15, 0.2) is 11.6 Å². The molecule has 50 heavy (non-hydrogen) atoms. The first-order valence-electron chi connectivity index (χ1n) is 16.8. The highest BCUT2D eigenvalue weighted by molar-refractivity contribution is 6.01. The minimum atomic E-state index is -1.56. The number of aliphatic imine (C=N–C) groups is 1. The van der Waals surface area contributed by atoms with Crippen molar-refractivity contribution in [3.05, 3.63) is 126 Å². The normalized spacial score (nSPS) is 17.1. The Hall–Kier alpha value is -5.06. The molecule has 3 N–H and O–H groups in total. The standard InChI is InChI=1S/C40H44FN3O6/c1-39(2,3)50-35(46)22-24-40(38(47)44-42-25-23-28-10-18-33(41)19-11-28)36(31-14-12-30(13-15-31)29-8-5-4-6-9-29)49-37(43-40)32-16-20-34(21-17-32)48-27-7-26-45/h4-6,8-21,36,42,45H,7,22-27H2,1-3H3,(H,44,47)/t36-,40-/m0/s1. The Labute approximate surface area is 292 Å². The lowest BCUT2D eigenvalue weighted by atomic mass is 9.83. The van der Waals surface area contributed by atoms with Crippen molar-refractivity contribution in [1.82, 2.24) is 10.9 Å². The molecule has 0 radical (unpaired) electrons. The van der Waals surface area contributed by atoms with Gasteiger partial charge in [-0.15, -0.1) is 0 Å². The predicted molar refractivity (Wildman–Crippen MR) is 190 cm³/mol. The molecule has 1 heterocycles. The van der Waals surface area contributed by atoms with Crippen LogP contribution in [-0.2, 0) is 25.5 Å². The number of esters is 1. The number of carbonyl (C=O) groups is 2. The molecule has 5 rings (SSSR count). The van der Waals surface area contributed by atoms with Crippen molar-refractivity contribution in [2.75, 3.05) is 19.8 Å². The molecule has 9 nitrogen and oxygen atoms in total. The number of amides is 1. The summed E-state index contributed by atoms with van der Waals surface area (Å²) in [5.74, 6) is -0.386. The van der Waals surface area contributed by atoms with Crippen LogP contribution in [0.3, 0.4) is 0 Å². The number of aliphatic hydroxyl groups excluding tert-OH is 1. The van der Waals surface area contributed by atoms with Crippen molar-refractivity contribution in [1.29, 1.82) is 0 Å². The summed E-state index contributed by atoms with van der Waals surface area (Å²) in [6.45, 7) is 6.15. The van der Waals surface area contributed by atoms with Gasteiger partial charge < -0.3 is 19.3 Å². The van der Waals surface area contributed by atoms with Gasteiger partial charge in [0.2, 0.25) is 5.90 Å². The van der Waals surface area contributed by atoms with Crippen LogP contribution in [0.15, 0.2) is 108 Å². The van der Waals surface area contributed by atoms with E-state index in [1.807, 2.05) is 54.6 Å². The quantitative estimate of drug-likeness (QED) is 0.0745. The lowest BCUT2D eigenvalue weighted by Crippen LogP contribution is -2.53. The third-order valence-corrected chi connectivity index (χ3v) is 8.13. The molecule has 0 aromatic heterocycles. The summed E-state index contributed by atoms with van der Waals surface area (Å²) in [5.41, 5.74) is 7.83. The van der Waals surface area contributed by atoms with E-state index in [0.29, 0.717) is 42.9 Å². The van der Waals surface area contributed by atoms with E-state index in [9.17, 15) is 14.0 Å². The van der Waals surface area contributed by atoms with Crippen molar-refractivity contribution in [3.8, 4) is 16.9 Å². The highest BCUT2D eigenvalue weighted by Gasteiger charge is 2.53. The minimum absolute atomic E-state index is 0.00431. The Morgan fingerprint density at radius 3 is 2.22 bits per heavy atom. The van der Waals surface area contributed by atoms with Crippen molar-refractivity contribution in [2.45, 2.75) is 63.7 Å². The second-order valence-corrected chi connectivity index (χ2v) is 13.1. The van der Waals surface area contributed by atoms with Gasteiger partial charge in [-0.05, 0) is 92.3 Å². The van der Waals surface area contributed by atoms with Crippen molar-refractivity contribution in [2.24, 2.45) is 4.99 Å². The molecule has 0 spiro atoms. The van der Waals surface area contributed by atoms with Crippen LogP contribution in [-0.4, -0.2) is 53.8 Å². The molecular formula is C40H44FN3O6. The highest BCUT2D eigenvalue weighted by Crippen LogP contribution is 2.43. The van der Waals surface area contributed by atoms with Crippen molar-refractivity contribution in [3.63, 3.8) is 0 Å². The SMILES string of the molecule is CC(C)(C)OC(=O)CC[C@]1(C(=O)NNCCc2ccc(F)cc2)N=C(c2ccc(OCCCO)cc2)O[C@H]1c1ccc(-c2ccccc2)cc1. The zero-order valence-electron chi connectivity index (χ0n) is 28.7. The Morgan fingerprint density at radius 2 is 1.56 bits per heavy atom. The second kappa shape index (κ2) is 16.6. The maximum absolute atomic E-state index is 14.4. The predicted octanol–water partition coefficient (Wildman–Crippen LogP) is 6.50. The number of hydrogen-bond donors (Lipinski definition) is 3. The minimum Gasteiger partial charge on any atom is -0.494 e. The van der Waals surface area contributed by atoms with Crippen LogP contribution in [0.2, 0.25) is 0 Å². The van der Waals surface area contributed by atoms with E-state index in [1.165, 1.54) is 12.1 Å². The maximum Gasteiger partial charge on any atom is 0.306 e. The molecule has 0 saturated carbocycles. The number of benzene rings is 4. The molecule has 4 aromatic rings. The highest BCUT2D eigenvalue weighted by atomic mass is 19.1. The average Bonchev–Trinajstić information content (AvgIpc) is 3.51. The van der Waals surface area contributed by atoms with Gasteiger partial charge in [0.05, 0.1) is 6.61 Å². The summed E-state index contributed by atoms with van der Waals surface area (Å²) in [4.78, 5) is 32.4. The molecule has 0 aliphatic carbocycles. The number of aliphatic hydroxyl groups is 1. The summed E-state index contributed by atoms with van der Waals surface area (Å²) in [6.07, 6.45) is 0.0773. The molecule has 0 saturated heterocycles. The van der Waals surface area contributed by atoms with Crippen LogP contribution in [0.1, 0.15) is 62.8 Å². The van der Waals surface area contributed by atoms with Gasteiger partial charge in [0, 0.05) is 31.6 Å². The molecule has 2 atom stereocenters. The molecule has 1 aliphatic heterocycles. The van der Waals surface area contributed by atoms with Crippen LogP contribution in [0.5, 0.6) is 5.75 Å². The molecule has 0 unspecified atom stereocenters. The summed E-state index contributed by atoms with van der Waals surface area (Å²) < 4.78 is 31.3. The van der Waals surface area contributed by atoms with Crippen molar-refractivity contribution < 1.29 is 33.3 Å². The summed E-state index contributed by atoms with van der Waals surface area (Å²) in [6, 6.07) is 31.1. The number of nitrogens with one attached hydrogen (secondary N) is 2. The summed E-state index contributed by atoms with van der Waals surface area (Å²) in [7, 11) is 0. The summed E-state index contributed by atoms with van der Waals surface area (Å²) in [5, 5.41) is 9.09. The molecule has 262 valence electrons. The largest absolute Gasteiger partial charge is 0.494 e. The van der Waals surface area contributed by atoms with E-state index in [1.54, 1.807) is 57.2 Å². The van der Waals surface area contributed by atoms with Crippen molar-refractivity contribution >= 4 is 17.8 Å². The Bertz CT molecular complexity index is 1740. The Kier molecular flexibility index (Phi) is 12.0. The van der Waals surface area contributed by atoms with E-state index >= 15 is 0 Å². The number of halogens is 1. The van der Waals surface area contributed by atoms with E-state index in [2.05, 4.69) is 10.9 Å². The average molecular weight is 682 g/mol. The molecule has 4 aromatic carbocycles. The van der Waals surface area contributed by atoms with E-state index in [0.717, 1.165) is 16.7 Å². The molecular weight excluding hydrogens is 637 g/mol. The van der Waals surface area contributed by atoms with Gasteiger partial charge in [-0.2, -0.15) is 0 Å². The van der Waals surface area contributed by atoms with Gasteiger partial charge in [-0.1, -0.05) is 66.7 Å². The van der Waals surface area contributed by atoms with Crippen LogP contribution in [0.25, 0.3) is 11.1 Å². The van der Waals surface area contributed by atoms with Gasteiger partial charge in [-0.3, -0.25) is 15.0 Å². The molecule has 1 amide bonds. The van der Waals surface area contributed by atoms with E-state index in [4.69, 9.17) is 24.3 Å².